The minimum absolute atomic E-state index is 0.0802. The number of nitrogens with zero attached hydrogens (tertiary/aromatic N) is 4. The number of aromatic nitrogens is 4. The van der Waals surface area contributed by atoms with Crippen molar-refractivity contribution in [3.8, 4) is 11.4 Å². The lowest BCUT2D eigenvalue weighted by Crippen LogP contribution is -2.25. The standard InChI is InChI=1S/C19H13FN4O4/c20-13-7-5-12(6-8-13)18-22-16(28-23-18)10-27-17(25)9-24-11-21-15-4-2-1-3-14(15)19(24)26/h1-8,11H,9-10H2. The Kier molecular flexibility index (Phi) is 4.63. The number of ether oxygens (including phenoxy) is 1. The zero-order chi connectivity index (χ0) is 19.5. The normalized spacial score (nSPS) is 10.9. The molecule has 0 amide bonds. The van der Waals surface area contributed by atoms with Crippen LogP contribution in [0, 0.1) is 5.82 Å². The monoisotopic (exact) mass is 380 g/mol. The van der Waals surface area contributed by atoms with Crippen LogP contribution in [0.2, 0.25) is 0 Å². The first-order valence-corrected chi connectivity index (χ1v) is 8.28. The number of benzene rings is 2. The number of esters is 1. The van der Waals surface area contributed by atoms with Gasteiger partial charge in [0.25, 0.3) is 11.4 Å². The van der Waals surface area contributed by atoms with Gasteiger partial charge in [-0.25, -0.2) is 9.37 Å². The predicted molar refractivity (Wildman–Crippen MR) is 95.5 cm³/mol. The molecule has 28 heavy (non-hydrogen) atoms. The molecule has 0 aliphatic heterocycles. The second-order valence-corrected chi connectivity index (χ2v) is 5.87. The maximum absolute atomic E-state index is 13.0. The van der Waals surface area contributed by atoms with E-state index in [0.29, 0.717) is 16.5 Å². The van der Waals surface area contributed by atoms with Crippen molar-refractivity contribution >= 4 is 16.9 Å². The average Bonchev–Trinajstić information content (AvgIpc) is 3.18. The Hall–Kier alpha value is -3.88. The summed E-state index contributed by atoms with van der Waals surface area (Å²) in [6.45, 7) is -0.543. The number of para-hydroxylation sites is 1. The van der Waals surface area contributed by atoms with E-state index >= 15 is 0 Å². The number of carbonyl (C=O) groups is 1. The van der Waals surface area contributed by atoms with Gasteiger partial charge in [-0.05, 0) is 36.4 Å². The molecular weight excluding hydrogens is 367 g/mol. The van der Waals surface area contributed by atoms with Crippen LogP contribution in [0.1, 0.15) is 5.89 Å². The Balaban J connectivity index is 1.41. The molecule has 4 rings (SSSR count). The molecule has 0 spiro atoms. The van der Waals surface area contributed by atoms with Crippen LogP contribution in [0.3, 0.4) is 0 Å². The molecule has 9 heteroatoms. The molecule has 8 nitrogen and oxygen atoms in total. The van der Waals surface area contributed by atoms with Crippen molar-refractivity contribution in [1.82, 2.24) is 19.7 Å². The Labute approximate surface area is 157 Å². The fourth-order valence-corrected chi connectivity index (χ4v) is 2.58. The molecule has 2 heterocycles. The van der Waals surface area contributed by atoms with E-state index < -0.39 is 5.97 Å². The summed E-state index contributed by atoms with van der Waals surface area (Å²) >= 11 is 0. The van der Waals surface area contributed by atoms with Gasteiger partial charge in [0.15, 0.2) is 6.61 Å². The van der Waals surface area contributed by atoms with Gasteiger partial charge < -0.3 is 9.26 Å². The number of hydrogen-bond donors (Lipinski definition) is 0. The van der Waals surface area contributed by atoms with E-state index in [2.05, 4.69) is 15.1 Å². The van der Waals surface area contributed by atoms with Gasteiger partial charge in [-0.15, -0.1) is 0 Å². The smallest absolute Gasteiger partial charge is 0.326 e. The minimum atomic E-state index is -0.652. The first-order valence-electron chi connectivity index (χ1n) is 8.28. The van der Waals surface area contributed by atoms with Crippen LogP contribution in [-0.2, 0) is 22.7 Å². The van der Waals surface area contributed by atoms with Gasteiger partial charge in [-0.3, -0.25) is 14.2 Å². The fourth-order valence-electron chi connectivity index (χ4n) is 2.58. The second-order valence-electron chi connectivity index (χ2n) is 5.87. The van der Waals surface area contributed by atoms with Crippen LogP contribution in [0.25, 0.3) is 22.3 Å². The van der Waals surface area contributed by atoms with Crippen molar-refractivity contribution < 1.29 is 18.4 Å². The molecule has 0 aliphatic carbocycles. The molecule has 4 aromatic rings. The number of carbonyl (C=O) groups excluding carboxylic acids is 1. The van der Waals surface area contributed by atoms with Crippen molar-refractivity contribution in [2.45, 2.75) is 13.2 Å². The molecule has 140 valence electrons. The van der Waals surface area contributed by atoms with Gasteiger partial charge in [0.05, 0.1) is 17.2 Å². The summed E-state index contributed by atoms with van der Waals surface area (Å²) in [5.74, 6) is -0.696. The zero-order valence-corrected chi connectivity index (χ0v) is 14.4. The molecule has 0 saturated carbocycles. The van der Waals surface area contributed by atoms with Gasteiger partial charge in [-0.2, -0.15) is 4.98 Å². The highest BCUT2D eigenvalue weighted by atomic mass is 19.1. The largest absolute Gasteiger partial charge is 0.454 e. The van der Waals surface area contributed by atoms with Crippen LogP contribution < -0.4 is 5.56 Å². The Morgan fingerprint density at radius 1 is 1.14 bits per heavy atom. The van der Waals surface area contributed by atoms with E-state index in [0.717, 1.165) is 0 Å². The third kappa shape index (κ3) is 3.63. The molecule has 2 aromatic heterocycles. The maximum atomic E-state index is 13.0. The first-order chi connectivity index (χ1) is 13.6. The number of hydrogen-bond acceptors (Lipinski definition) is 7. The summed E-state index contributed by atoms with van der Waals surface area (Å²) in [4.78, 5) is 32.7. The Morgan fingerprint density at radius 2 is 1.93 bits per heavy atom. The summed E-state index contributed by atoms with van der Waals surface area (Å²) in [6, 6.07) is 12.4. The summed E-state index contributed by atoms with van der Waals surface area (Å²) in [5.41, 5.74) is 0.784. The van der Waals surface area contributed by atoms with Gasteiger partial charge in [0, 0.05) is 5.56 Å². The van der Waals surface area contributed by atoms with Crippen LogP contribution in [0.4, 0.5) is 4.39 Å². The lowest BCUT2D eigenvalue weighted by molar-refractivity contribution is -0.146. The fraction of sp³-hybridized carbons (Fsp3) is 0.105. The van der Waals surface area contributed by atoms with Crippen molar-refractivity contribution in [2.24, 2.45) is 0 Å². The van der Waals surface area contributed by atoms with E-state index in [4.69, 9.17) is 9.26 Å². The van der Waals surface area contributed by atoms with Crippen molar-refractivity contribution in [3.63, 3.8) is 0 Å². The third-order valence-electron chi connectivity index (χ3n) is 3.96. The van der Waals surface area contributed by atoms with Gasteiger partial charge >= 0.3 is 5.97 Å². The maximum Gasteiger partial charge on any atom is 0.326 e. The summed E-state index contributed by atoms with van der Waals surface area (Å²) in [6.07, 6.45) is 1.30. The van der Waals surface area contributed by atoms with Crippen LogP contribution in [0.5, 0.6) is 0 Å². The first kappa shape index (κ1) is 17.5. The highest BCUT2D eigenvalue weighted by Gasteiger charge is 2.13. The molecule has 0 bridgehead atoms. The molecular formula is C19H13FN4O4. The number of rotatable bonds is 5. The zero-order valence-electron chi connectivity index (χ0n) is 14.4. The summed E-state index contributed by atoms with van der Waals surface area (Å²) < 4.78 is 24.2. The lowest BCUT2D eigenvalue weighted by atomic mass is 10.2. The van der Waals surface area contributed by atoms with E-state index in [1.807, 2.05) is 0 Å². The van der Waals surface area contributed by atoms with Crippen LogP contribution in [0.15, 0.2) is 64.2 Å². The average molecular weight is 380 g/mol. The van der Waals surface area contributed by atoms with Gasteiger partial charge in [0.2, 0.25) is 5.82 Å². The molecule has 0 aliphatic rings. The summed E-state index contributed by atoms with van der Waals surface area (Å²) in [7, 11) is 0. The van der Waals surface area contributed by atoms with Crippen molar-refractivity contribution in [3.05, 3.63) is 76.9 Å². The number of fused-ring (bicyclic) bond motifs is 1. The van der Waals surface area contributed by atoms with Gasteiger partial charge in [-0.1, -0.05) is 17.3 Å². The molecule has 0 fully saturated rings. The lowest BCUT2D eigenvalue weighted by Gasteiger charge is -2.06. The SMILES string of the molecule is O=C(Cn1cnc2ccccc2c1=O)OCc1nc(-c2ccc(F)cc2)no1. The van der Waals surface area contributed by atoms with Gasteiger partial charge in [0.1, 0.15) is 12.4 Å². The highest BCUT2D eigenvalue weighted by molar-refractivity contribution is 5.77. The van der Waals surface area contributed by atoms with E-state index in [9.17, 15) is 14.0 Å². The topological polar surface area (TPSA) is 100 Å². The predicted octanol–water partition coefficient (Wildman–Crippen LogP) is 2.33. The number of halogens is 1. The molecule has 0 unspecified atom stereocenters. The Morgan fingerprint density at radius 3 is 2.75 bits per heavy atom. The quantitative estimate of drug-likeness (QED) is 0.490. The van der Waals surface area contributed by atoms with E-state index in [-0.39, 0.29) is 36.2 Å². The van der Waals surface area contributed by atoms with E-state index in [1.54, 1.807) is 24.3 Å². The minimum Gasteiger partial charge on any atom is -0.454 e. The molecule has 0 radical (unpaired) electrons. The summed E-state index contributed by atoms with van der Waals surface area (Å²) in [5, 5.41) is 4.18. The molecule has 2 aromatic carbocycles. The Bertz CT molecular complexity index is 1200. The van der Waals surface area contributed by atoms with Crippen molar-refractivity contribution in [2.75, 3.05) is 0 Å². The second kappa shape index (κ2) is 7.39. The molecule has 0 N–H and O–H groups in total. The van der Waals surface area contributed by atoms with Crippen LogP contribution in [-0.4, -0.2) is 25.7 Å². The van der Waals surface area contributed by atoms with E-state index in [1.165, 1.54) is 35.2 Å². The molecule has 0 saturated heterocycles. The third-order valence-corrected chi connectivity index (χ3v) is 3.96. The molecule has 0 atom stereocenters. The van der Waals surface area contributed by atoms with Crippen LogP contribution >= 0.6 is 0 Å². The van der Waals surface area contributed by atoms with Crippen molar-refractivity contribution in [1.29, 1.82) is 0 Å². The highest BCUT2D eigenvalue weighted by Crippen LogP contribution is 2.16.